The second kappa shape index (κ2) is 12.4. The third-order valence-corrected chi connectivity index (χ3v) is 7.26. The molecule has 0 fully saturated rings. The number of ether oxygens (including phenoxy) is 1. The van der Waals surface area contributed by atoms with Gasteiger partial charge in [0, 0.05) is 15.5 Å². The van der Waals surface area contributed by atoms with Crippen molar-refractivity contribution in [3.63, 3.8) is 0 Å². The molecule has 2 amide bonds. The van der Waals surface area contributed by atoms with Gasteiger partial charge in [-0.05, 0) is 47.6 Å². The lowest BCUT2D eigenvalue weighted by molar-refractivity contribution is 0.111. The molecule has 166 valence electrons. The number of unbranched alkanes of at least 4 members (excludes halogenated alkanes) is 1. The maximum atomic E-state index is 13.0. The van der Waals surface area contributed by atoms with Gasteiger partial charge in [-0.25, -0.2) is 4.79 Å². The molecule has 5 nitrogen and oxygen atoms in total. The van der Waals surface area contributed by atoms with Crippen LogP contribution in [0.5, 0.6) is 0 Å². The van der Waals surface area contributed by atoms with Crippen LogP contribution in [0.4, 0.5) is 9.59 Å². The molecule has 0 aromatic carbocycles. The number of thiophene rings is 2. The fraction of sp³-hybridized carbons (Fsp3) is 0.545. The fourth-order valence-corrected chi connectivity index (χ4v) is 5.30. The van der Waals surface area contributed by atoms with Gasteiger partial charge in [-0.15, -0.1) is 22.7 Å². The van der Waals surface area contributed by atoms with Crippen LogP contribution in [-0.2, 0) is 17.8 Å². The minimum absolute atomic E-state index is 0.00966. The summed E-state index contributed by atoms with van der Waals surface area (Å²) in [7, 11) is 0. The minimum Gasteiger partial charge on any atom is -0.446 e. The van der Waals surface area contributed by atoms with Crippen LogP contribution in [0.25, 0.3) is 0 Å². The summed E-state index contributed by atoms with van der Waals surface area (Å²) in [5.74, 6) is 0.419. The lowest BCUT2D eigenvalue weighted by Gasteiger charge is -2.23. The molecule has 2 aromatic rings. The summed E-state index contributed by atoms with van der Waals surface area (Å²) in [5.41, 5.74) is 5.54. The average Bonchev–Trinajstić information content (AvgIpc) is 3.35. The molecule has 0 aliphatic carbocycles. The van der Waals surface area contributed by atoms with E-state index in [1.807, 2.05) is 39.9 Å². The van der Waals surface area contributed by atoms with Crippen molar-refractivity contribution in [2.24, 2.45) is 11.1 Å². The SMILES string of the molecule is CC(C)(C)CCCC[C@@H](CSC(=O)N(Cc1cccs1)Cc1cccs1)OC(N)=O. The Morgan fingerprint density at radius 2 is 1.70 bits per heavy atom. The molecule has 0 bridgehead atoms. The first-order chi connectivity index (χ1) is 14.2. The number of thioether (sulfide) groups is 1. The van der Waals surface area contributed by atoms with Gasteiger partial charge in [0.15, 0.2) is 0 Å². The van der Waals surface area contributed by atoms with E-state index in [1.54, 1.807) is 22.7 Å². The van der Waals surface area contributed by atoms with Crippen LogP contribution in [0.3, 0.4) is 0 Å². The lowest BCUT2D eigenvalue weighted by atomic mass is 9.89. The Hall–Kier alpha value is -1.51. The third kappa shape index (κ3) is 10.00. The van der Waals surface area contributed by atoms with E-state index >= 15 is 0 Å². The number of nitrogens with two attached hydrogens (primary N) is 1. The summed E-state index contributed by atoms with van der Waals surface area (Å²) < 4.78 is 5.28. The Morgan fingerprint density at radius 1 is 1.10 bits per heavy atom. The molecule has 30 heavy (non-hydrogen) atoms. The van der Waals surface area contributed by atoms with Crippen molar-refractivity contribution in [3.05, 3.63) is 44.8 Å². The molecule has 0 spiro atoms. The van der Waals surface area contributed by atoms with Crippen molar-refractivity contribution in [2.45, 2.75) is 65.6 Å². The van der Waals surface area contributed by atoms with E-state index in [-0.39, 0.29) is 16.8 Å². The molecule has 1 atom stereocenters. The molecule has 0 unspecified atom stereocenters. The second-order valence-electron chi connectivity index (χ2n) is 8.46. The van der Waals surface area contributed by atoms with Gasteiger partial charge in [0.1, 0.15) is 6.10 Å². The molecule has 2 N–H and O–H groups in total. The van der Waals surface area contributed by atoms with E-state index < -0.39 is 6.09 Å². The number of carbonyl (C=O) groups is 2. The topological polar surface area (TPSA) is 72.6 Å². The van der Waals surface area contributed by atoms with Crippen LogP contribution in [-0.4, -0.2) is 28.1 Å². The zero-order chi connectivity index (χ0) is 22.0. The second-order valence-corrected chi connectivity index (χ2v) is 11.5. The zero-order valence-corrected chi connectivity index (χ0v) is 20.4. The first kappa shape index (κ1) is 24.8. The number of nitrogens with zero attached hydrogens (tertiary/aromatic N) is 1. The van der Waals surface area contributed by atoms with Gasteiger partial charge in [0.25, 0.3) is 5.24 Å². The van der Waals surface area contributed by atoms with Crippen molar-refractivity contribution >= 4 is 45.8 Å². The van der Waals surface area contributed by atoms with Crippen LogP contribution in [0.15, 0.2) is 35.0 Å². The summed E-state index contributed by atoms with van der Waals surface area (Å²) in [5, 5.41) is 4.03. The predicted octanol–water partition coefficient (Wildman–Crippen LogP) is 6.74. The van der Waals surface area contributed by atoms with Crippen LogP contribution >= 0.6 is 34.4 Å². The fourth-order valence-electron chi connectivity index (χ4n) is 2.99. The minimum atomic E-state index is -0.780. The van der Waals surface area contributed by atoms with Crippen molar-refractivity contribution in [1.29, 1.82) is 0 Å². The maximum absolute atomic E-state index is 13.0. The Morgan fingerprint density at radius 3 is 2.17 bits per heavy atom. The summed E-state index contributed by atoms with van der Waals surface area (Å²) in [6.45, 7) is 7.81. The van der Waals surface area contributed by atoms with E-state index in [0.29, 0.717) is 18.8 Å². The van der Waals surface area contributed by atoms with Crippen molar-refractivity contribution in [2.75, 3.05) is 5.75 Å². The van der Waals surface area contributed by atoms with Crippen LogP contribution in [0, 0.1) is 5.41 Å². The van der Waals surface area contributed by atoms with Crippen molar-refractivity contribution in [1.82, 2.24) is 4.90 Å². The molecule has 0 saturated carbocycles. The maximum Gasteiger partial charge on any atom is 0.404 e. The van der Waals surface area contributed by atoms with Crippen LogP contribution in [0.1, 0.15) is 56.2 Å². The molecule has 0 aliphatic rings. The molecule has 8 heteroatoms. The lowest BCUT2D eigenvalue weighted by Crippen LogP contribution is -2.29. The van der Waals surface area contributed by atoms with Gasteiger partial charge in [0.2, 0.25) is 0 Å². The molecule has 2 heterocycles. The molecular formula is C22H32N2O3S3. The molecule has 2 aromatic heterocycles. The number of hydrogen-bond acceptors (Lipinski definition) is 6. The zero-order valence-electron chi connectivity index (χ0n) is 18.0. The number of hydrogen-bond donors (Lipinski definition) is 1. The predicted molar refractivity (Wildman–Crippen MR) is 128 cm³/mol. The van der Waals surface area contributed by atoms with Gasteiger partial charge in [-0.1, -0.05) is 51.1 Å². The standard InChI is InChI=1S/C22H32N2O3S3/c1-22(2,3)11-5-4-8-17(27-20(23)25)16-30-21(26)24(14-18-9-6-12-28-18)15-19-10-7-13-29-19/h6-7,9-10,12-13,17H,4-5,8,11,14-16H2,1-3H3,(H2,23,25)/t17-/m0/s1. The number of primary amides is 1. The highest BCUT2D eigenvalue weighted by Crippen LogP contribution is 2.25. The Labute approximate surface area is 192 Å². The third-order valence-electron chi connectivity index (χ3n) is 4.49. The van der Waals surface area contributed by atoms with Crippen molar-refractivity contribution in [3.8, 4) is 0 Å². The number of amides is 2. The van der Waals surface area contributed by atoms with Crippen LogP contribution < -0.4 is 5.73 Å². The number of carbonyl (C=O) groups excluding carboxylic acids is 2. The van der Waals surface area contributed by atoms with Crippen molar-refractivity contribution < 1.29 is 14.3 Å². The molecule has 2 rings (SSSR count). The molecule has 0 radical (unpaired) electrons. The highest BCUT2D eigenvalue weighted by atomic mass is 32.2. The van der Waals surface area contributed by atoms with E-state index in [4.69, 9.17) is 10.5 Å². The quantitative estimate of drug-likeness (QED) is 0.371. The number of rotatable bonds is 11. The average molecular weight is 469 g/mol. The Kier molecular flexibility index (Phi) is 10.2. The summed E-state index contributed by atoms with van der Waals surface area (Å²) in [6, 6.07) is 8.07. The van der Waals surface area contributed by atoms with Crippen LogP contribution in [0.2, 0.25) is 0 Å². The first-order valence-electron chi connectivity index (χ1n) is 10.2. The Balaban J connectivity index is 1.90. The normalized spacial score (nSPS) is 12.5. The van der Waals surface area contributed by atoms with E-state index in [0.717, 1.165) is 35.4 Å². The molecular weight excluding hydrogens is 436 g/mol. The molecule has 0 aliphatic heterocycles. The largest absolute Gasteiger partial charge is 0.446 e. The summed E-state index contributed by atoms with van der Waals surface area (Å²) in [6.07, 6.45) is 2.70. The van der Waals surface area contributed by atoms with E-state index in [1.165, 1.54) is 11.8 Å². The van der Waals surface area contributed by atoms with Gasteiger partial charge >= 0.3 is 6.09 Å². The van der Waals surface area contributed by atoms with Gasteiger partial charge < -0.3 is 15.4 Å². The van der Waals surface area contributed by atoms with Gasteiger partial charge in [-0.2, -0.15) is 0 Å². The molecule has 0 saturated heterocycles. The summed E-state index contributed by atoms with van der Waals surface area (Å²) in [4.78, 5) is 28.4. The van der Waals surface area contributed by atoms with E-state index in [9.17, 15) is 9.59 Å². The first-order valence-corrected chi connectivity index (χ1v) is 12.9. The highest BCUT2D eigenvalue weighted by Gasteiger charge is 2.21. The van der Waals surface area contributed by atoms with Gasteiger partial charge in [-0.3, -0.25) is 4.79 Å². The Bertz CT molecular complexity index is 719. The summed E-state index contributed by atoms with van der Waals surface area (Å²) >= 11 is 4.49. The highest BCUT2D eigenvalue weighted by molar-refractivity contribution is 8.13. The monoisotopic (exact) mass is 468 g/mol. The van der Waals surface area contributed by atoms with Gasteiger partial charge in [0.05, 0.1) is 13.1 Å². The van der Waals surface area contributed by atoms with E-state index in [2.05, 4.69) is 20.8 Å². The smallest absolute Gasteiger partial charge is 0.404 e.